The van der Waals surface area contributed by atoms with Crippen LogP contribution in [0.5, 0.6) is 0 Å². The Morgan fingerprint density at radius 3 is 2.95 bits per heavy atom. The van der Waals surface area contributed by atoms with E-state index in [0.717, 1.165) is 18.4 Å². The molecule has 118 valence electrons. The van der Waals surface area contributed by atoms with Crippen molar-refractivity contribution in [2.75, 3.05) is 32.2 Å². The molecule has 1 saturated carbocycles. The summed E-state index contributed by atoms with van der Waals surface area (Å²) in [5.41, 5.74) is 2.43. The summed E-state index contributed by atoms with van der Waals surface area (Å²) in [7, 11) is 1.69. The van der Waals surface area contributed by atoms with Crippen LogP contribution >= 0.6 is 0 Å². The lowest BCUT2D eigenvalue weighted by molar-refractivity contribution is 0.0617. The van der Waals surface area contributed by atoms with Gasteiger partial charge in [0, 0.05) is 19.3 Å². The maximum Gasteiger partial charge on any atom is 0.0718 e. The second kappa shape index (κ2) is 9.06. The molecule has 3 nitrogen and oxygen atoms in total. The van der Waals surface area contributed by atoms with E-state index in [0.29, 0.717) is 19.8 Å². The molecule has 2 unspecified atom stereocenters. The van der Waals surface area contributed by atoms with E-state index < -0.39 is 0 Å². The van der Waals surface area contributed by atoms with E-state index in [1.165, 1.54) is 36.9 Å². The lowest BCUT2D eigenvalue weighted by Crippen LogP contribution is -2.21. The molecule has 0 aromatic heterocycles. The van der Waals surface area contributed by atoms with Gasteiger partial charge in [-0.15, -0.1) is 0 Å². The topological polar surface area (TPSA) is 30.5 Å². The van der Waals surface area contributed by atoms with Gasteiger partial charge in [-0.3, -0.25) is 0 Å². The number of rotatable bonds is 8. The van der Waals surface area contributed by atoms with Crippen molar-refractivity contribution in [3.05, 3.63) is 29.8 Å². The van der Waals surface area contributed by atoms with E-state index in [1.54, 1.807) is 7.11 Å². The minimum absolute atomic E-state index is 0.647. The first kappa shape index (κ1) is 16.3. The van der Waals surface area contributed by atoms with Gasteiger partial charge in [-0.1, -0.05) is 31.9 Å². The molecule has 3 heteroatoms. The highest BCUT2D eigenvalue weighted by Crippen LogP contribution is 2.28. The van der Waals surface area contributed by atoms with Crippen molar-refractivity contribution < 1.29 is 9.47 Å². The van der Waals surface area contributed by atoms with Crippen LogP contribution in [0, 0.1) is 11.8 Å². The Balaban J connectivity index is 1.75. The Labute approximate surface area is 129 Å². The Bertz CT molecular complexity index is 408. The van der Waals surface area contributed by atoms with Crippen LogP contribution in [0.3, 0.4) is 0 Å². The van der Waals surface area contributed by atoms with Gasteiger partial charge in [-0.25, -0.2) is 0 Å². The predicted molar refractivity (Wildman–Crippen MR) is 87.6 cm³/mol. The number of nitrogens with one attached hydrogen (secondary N) is 1. The van der Waals surface area contributed by atoms with Crippen molar-refractivity contribution in [3.8, 4) is 0 Å². The maximum absolute atomic E-state index is 5.57. The van der Waals surface area contributed by atoms with Crippen LogP contribution < -0.4 is 5.32 Å². The molecule has 1 N–H and O–H groups in total. The van der Waals surface area contributed by atoms with E-state index in [4.69, 9.17) is 9.47 Å². The van der Waals surface area contributed by atoms with Crippen LogP contribution in [0.2, 0.25) is 0 Å². The zero-order chi connectivity index (χ0) is 14.9. The van der Waals surface area contributed by atoms with Gasteiger partial charge in [0.1, 0.15) is 0 Å². The van der Waals surface area contributed by atoms with Crippen LogP contribution in [0.15, 0.2) is 24.3 Å². The van der Waals surface area contributed by atoms with Gasteiger partial charge in [-0.05, 0) is 42.4 Å². The largest absolute Gasteiger partial charge is 0.385 e. The maximum atomic E-state index is 5.57. The Hall–Kier alpha value is -1.06. The summed E-state index contributed by atoms with van der Waals surface area (Å²) in [5.74, 6) is 1.72. The summed E-state index contributed by atoms with van der Waals surface area (Å²) < 4.78 is 10.6. The number of ether oxygens (including phenoxy) is 2. The van der Waals surface area contributed by atoms with Gasteiger partial charge in [0.15, 0.2) is 0 Å². The SMILES string of the molecule is COCCOCc1cccc(NCC2CCCC(C)C2)c1. The highest BCUT2D eigenvalue weighted by Gasteiger charge is 2.18. The predicted octanol–water partition coefficient (Wildman–Crippen LogP) is 4.09. The fourth-order valence-corrected chi connectivity index (χ4v) is 3.11. The lowest BCUT2D eigenvalue weighted by atomic mass is 9.82. The average molecular weight is 291 g/mol. The number of benzene rings is 1. The van der Waals surface area contributed by atoms with Gasteiger partial charge in [0.2, 0.25) is 0 Å². The van der Waals surface area contributed by atoms with E-state index in [1.807, 2.05) is 0 Å². The van der Waals surface area contributed by atoms with E-state index >= 15 is 0 Å². The summed E-state index contributed by atoms with van der Waals surface area (Å²) in [4.78, 5) is 0. The second-order valence-corrected chi connectivity index (χ2v) is 6.26. The molecule has 0 heterocycles. The quantitative estimate of drug-likeness (QED) is 0.732. The molecule has 0 aliphatic heterocycles. The third-order valence-electron chi connectivity index (χ3n) is 4.27. The van der Waals surface area contributed by atoms with Gasteiger partial charge in [0.05, 0.1) is 19.8 Å². The molecular weight excluding hydrogens is 262 g/mol. The van der Waals surface area contributed by atoms with Crippen molar-refractivity contribution >= 4 is 5.69 Å². The summed E-state index contributed by atoms with van der Waals surface area (Å²) in [6.45, 7) is 5.42. The summed E-state index contributed by atoms with van der Waals surface area (Å²) in [6, 6.07) is 8.55. The molecule has 1 aliphatic carbocycles. The highest BCUT2D eigenvalue weighted by molar-refractivity contribution is 5.45. The van der Waals surface area contributed by atoms with Crippen LogP contribution in [-0.2, 0) is 16.1 Å². The molecule has 1 aromatic carbocycles. The van der Waals surface area contributed by atoms with Crippen molar-refractivity contribution in [1.82, 2.24) is 0 Å². The van der Waals surface area contributed by atoms with Gasteiger partial charge in [-0.2, -0.15) is 0 Å². The fraction of sp³-hybridized carbons (Fsp3) is 0.667. The van der Waals surface area contributed by atoms with Crippen LogP contribution in [-0.4, -0.2) is 26.9 Å². The molecule has 0 spiro atoms. The molecule has 2 rings (SSSR count). The standard InChI is InChI=1S/C18H29NO2/c1-15-5-3-6-16(11-15)13-19-18-8-4-7-17(12-18)14-21-10-9-20-2/h4,7-8,12,15-16,19H,3,5-6,9-11,13-14H2,1-2H3. The van der Waals surface area contributed by atoms with Gasteiger partial charge in [0.25, 0.3) is 0 Å². The number of methoxy groups -OCH3 is 1. The third kappa shape index (κ3) is 6.06. The summed E-state index contributed by atoms with van der Waals surface area (Å²) >= 11 is 0. The molecule has 0 bridgehead atoms. The van der Waals surface area contributed by atoms with E-state index in [-0.39, 0.29) is 0 Å². The lowest BCUT2D eigenvalue weighted by Gasteiger charge is -2.27. The third-order valence-corrected chi connectivity index (χ3v) is 4.27. The summed E-state index contributed by atoms with van der Waals surface area (Å²) in [6.07, 6.45) is 5.54. The van der Waals surface area contributed by atoms with Crippen LogP contribution in [0.4, 0.5) is 5.69 Å². The Morgan fingerprint density at radius 2 is 2.14 bits per heavy atom. The normalized spacial score (nSPS) is 22.2. The molecule has 1 aromatic rings. The van der Waals surface area contributed by atoms with E-state index in [9.17, 15) is 0 Å². The molecule has 21 heavy (non-hydrogen) atoms. The van der Waals surface area contributed by atoms with Gasteiger partial charge < -0.3 is 14.8 Å². The number of hydrogen-bond acceptors (Lipinski definition) is 3. The molecule has 1 fully saturated rings. The Morgan fingerprint density at radius 1 is 1.24 bits per heavy atom. The Kier molecular flexibility index (Phi) is 7.04. The van der Waals surface area contributed by atoms with Gasteiger partial charge >= 0.3 is 0 Å². The summed E-state index contributed by atoms with van der Waals surface area (Å²) in [5, 5.41) is 3.60. The van der Waals surface area contributed by atoms with Crippen molar-refractivity contribution in [1.29, 1.82) is 0 Å². The van der Waals surface area contributed by atoms with E-state index in [2.05, 4.69) is 36.5 Å². The van der Waals surface area contributed by atoms with Crippen molar-refractivity contribution in [2.24, 2.45) is 11.8 Å². The molecule has 2 atom stereocenters. The molecule has 0 amide bonds. The zero-order valence-corrected chi connectivity index (χ0v) is 13.4. The minimum Gasteiger partial charge on any atom is -0.385 e. The molecule has 1 aliphatic rings. The highest BCUT2D eigenvalue weighted by atomic mass is 16.5. The number of hydrogen-bond donors (Lipinski definition) is 1. The molecule has 0 radical (unpaired) electrons. The first-order valence-electron chi connectivity index (χ1n) is 8.17. The monoisotopic (exact) mass is 291 g/mol. The smallest absolute Gasteiger partial charge is 0.0718 e. The molecule has 0 saturated heterocycles. The average Bonchev–Trinajstić information content (AvgIpc) is 2.50. The van der Waals surface area contributed by atoms with Crippen LogP contribution in [0.1, 0.15) is 38.2 Å². The van der Waals surface area contributed by atoms with Crippen LogP contribution in [0.25, 0.3) is 0 Å². The zero-order valence-electron chi connectivity index (χ0n) is 13.4. The van der Waals surface area contributed by atoms with Crippen molar-refractivity contribution in [2.45, 2.75) is 39.2 Å². The first-order valence-corrected chi connectivity index (χ1v) is 8.17. The first-order chi connectivity index (χ1) is 10.3. The minimum atomic E-state index is 0.647. The van der Waals surface area contributed by atoms with Crippen molar-refractivity contribution in [3.63, 3.8) is 0 Å². The fourth-order valence-electron chi connectivity index (χ4n) is 3.11. The number of anilines is 1. The molecular formula is C18H29NO2. The second-order valence-electron chi connectivity index (χ2n) is 6.26.